The van der Waals surface area contributed by atoms with Crippen molar-refractivity contribution in [1.29, 1.82) is 0 Å². The molecular formula is C18H25N3O4S. The van der Waals surface area contributed by atoms with E-state index in [1.54, 1.807) is 6.20 Å². The van der Waals surface area contributed by atoms with Crippen molar-refractivity contribution in [3.63, 3.8) is 0 Å². The van der Waals surface area contributed by atoms with E-state index < -0.39 is 10.0 Å². The van der Waals surface area contributed by atoms with Crippen molar-refractivity contribution in [3.05, 3.63) is 36.0 Å². The highest BCUT2D eigenvalue weighted by atomic mass is 32.2. The van der Waals surface area contributed by atoms with Gasteiger partial charge in [-0.2, -0.15) is 0 Å². The Balaban J connectivity index is 1.42. The summed E-state index contributed by atoms with van der Waals surface area (Å²) in [5, 5.41) is 0.880. The standard InChI is InChI=1S/C18H25N3O4S/c1-26(23,24)20-8-11-21-9-6-14(7-10-21)13-25-18(22)16-12-19-17-5-3-2-4-15(16)17/h2-5,12,14,19-20H,6-11,13H2,1H3. The number of esters is 1. The van der Waals surface area contributed by atoms with Crippen molar-refractivity contribution < 1.29 is 17.9 Å². The summed E-state index contributed by atoms with van der Waals surface area (Å²) in [4.78, 5) is 17.7. The molecule has 0 atom stereocenters. The Morgan fingerprint density at radius 3 is 2.77 bits per heavy atom. The molecule has 3 rings (SSSR count). The maximum Gasteiger partial charge on any atom is 0.340 e. The van der Waals surface area contributed by atoms with E-state index >= 15 is 0 Å². The lowest BCUT2D eigenvalue weighted by Gasteiger charge is -2.31. The molecule has 1 aliphatic rings. The third kappa shape index (κ3) is 5.06. The van der Waals surface area contributed by atoms with Gasteiger partial charge in [-0.3, -0.25) is 0 Å². The van der Waals surface area contributed by atoms with E-state index in [1.165, 1.54) is 6.26 Å². The number of fused-ring (bicyclic) bond motifs is 1. The fourth-order valence-electron chi connectivity index (χ4n) is 3.28. The molecule has 8 heteroatoms. The monoisotopic (exact) mass is 379 g/mol. The minimum atomic E-state index is -3.13. The molecule has 1 aliphatic heterocycles. The lowest BCUT2D eigenvalue weighted by Crippen LogP contribution is -2.40. The molecule has 0 amide bonds. The number of para-hydroxylation sites is 1. The highest BCUT2D eigenvalue weighted by molar-refractivity contribution is 7.88. The van der Waals surface area contributed by atoms with E-state index in [0.717, 1.165) is 36.8 Å². The zero-order valence-corrected chi connectivity index (χ0v) is 15.7. The molecule has 0 bridgehead atoms. The normalized spacial score (nSPS) is 16.8. The molecule has 1 aromatic carbocycles. The zero-order chi connectivity index (χ0) is 18.6. The first kappa shape index (κ1) is 18.9. The Labute approximate surface area is 153 Å². The number of aromatic nitrogens is 1. The van der Waals surface area contributed by atoms with Crippen molar-refractivity contribution in [3.8, 4) is 0 Å². The quantitative estimate of drug-likeness (QED) is 0.713. The van der Waals surface area contributed by atoms with E-state index in [4.69, 9.17) is 4.74 Å². The van der Waals surface area contributed by atoms with Crippen LogP contribution in [-0.4, -0.2) is 63.3 Å². The molecule has 0 radical (unpaired) electrons. The summed E-state index contributed by atoms with van der Waals surface area (Å²) in [5.74, 6) is 0.0607. The van der Waals surface area contributed by atoms with Crippen LogP contribution < -0.4 is 4.72 Å². The number of hydrogen-bond donors (Lipinski definition) is 2. The number of sulfonamides is 1. The van der Waals surface area contributed by atoms with Gasteiger partial charge in [0.25, 0.3) is 0 Å². The first-order valence-corrected chi connectivity index (χ1v) is 10.7. The van der Waals surface area contributed by atoms with Crippen LogP contribution in [0.25, 0.3) is 10.9 Å². The molecule has 1 aromatic heterocycles. The van der Waals surface area contributed by atoms with Crippen LogP contribution >= 0.6 is 0 Å². The van der Waals surface area contributed by atoms with Crippen LogP contribution in [0.2, 0.25) is 0 Å². The van der Waals surface area contributed by atoms with Gasteiger partial charge in [0.05, 0.1) is 18.4 Å². The second-order valence-electron chi connectivity index (χ2n) is 6.80. The first-order valence-electron chi connectivity index (χ1n) is 8.82. The lowest BCUT2D eigenvalue weighted by atomic mass is 9.98. The predicted molar refractivity (Wildman–Crippen MR) is 101 cm³/mol. The van der Waals surface area contributed by atoms with Gasteiger partial charge in [-0.25, -0.2) is 17.9 Å². The second kappa shape index (κ2) is 8.20. The third-order valence-corrected chi connectivity index (χ3v) is 5.49. The van der Waals surface area contributed by atoms with Crippen LogP contribution in [0.5, 0.6) is 0 Å². The summed E-state index contributed by atoms with van der Waals surface area (Å²) in [6.07, 6.45) is 4.76. The molecule has 26 heavy (non-hydrogen) atoms. The molecule has 2 N–H and O–H groups in total. The van der Waals surface area contributed by atoms with Gasteiger partial charge in [-0.15, -0.1) is 0 Å². The molecule has 0 spiro atoms. The van der Waals surface area contributed by atoms with E-state index in [9.17, 15) is 13.2 Å². The van der Waals surface area contributed by atoms with Crippen LogP contribution in [0.3, 0.4) is 0 Å². The van der Waals surface area contributed by atoms with Gasteiger partial charge in [0.2, 0.25) is 10.0 Å². The van der Waals surface area contributed by atoms with Crippen molar-refractivity contribution in [1.82, 2.24) is 14.6 Å². The van der Waals surface area contributed by atoms with E-state index in [1.807, 2.05) is 24.3 Å². The number of H-pyrrole nitrogens is 1. The van der Waals surface area contributed by atoms with Crippen LogP contribution in [0.1, 0.15) is 23.2 Å². The maximum atomic E-state index is 12.3. The van der Waals surface area contributed by atoms with Gasteiger partial charge in [-0.05, 0) is 37.9 Å². The highest BCUT2D eigenvalue weighted by Gasteiger charge is 2.21. The molecule has 0 aliphatic carbocycles. The Morgan fingerprint density at radius 1 is 1.31 bits per heavy atom. The Bertz CT molecular complexity index is 854. The average molecular weight is 379 g/mol. The van der Waals surface area contributed by atoms with Gasteiger partial charge >= 0.3 is 5.97 Å². The molecule has 2 aromatic rings. The number of rotatable bonds is 7. The van der Waals surface area contributed by atoms with Gasteiger partial charge in [0.1, 0.15) is 0 Å². The fourth-order valence-corrected chi connectivity index (χ4v) is 3.74. The fraction of sp³-hybridized carbons (Fsp3) is 0.500. The maximum absolute atomic E-state index is 12.3. The van der Waals surface area contributed by atoms with E-state index in [-0.39, 0.29) is 5.97 Å². The molecule has 142 valence electrons. The molecule has 0 unspecified atom stereocenters. The highest BCUT2D eigenvalue weighted by Crippen LogP contribution is 2.21. The summed E-state index contributed by atoms with van der Waals surface area (Å²) in [6, 6.07) is 7.67. The number of piperidine rings is 1. The molecular weight excluding hydrogens is 354 g/mol. The van der Waals surface area contributed by atoms with Gasteiger partial charge in [0, 0.05) is 30.2 Å². The Kier molecular flexibility index (Phi) is 5.95. The lowest BCUT2D eigenvalue weighted by molar-refractivity contribution is 0.0376. The number of likely N-dealkylation sites (tertiary alicyclic amines) is 1. The average Bonchev–Trinajstić information content (AvgIpc) is 3.04. The summed E-state index contributed by atoms with van der Waals surface area (Å²) in [6.45, 7) is 3.34. The van der Waals surface area contributed by atoms with Gasteiger partial charge in [0.15, 0.2) is 0 Å². The number of benzene rings is 1. The second-order valence-corrected chi connectivity index (χ2v) is 8.63. The van der Waals surface area contributed by atoms with Crippen molar-refractivity contribution >= 4 is 26.9 Å². The van der Waals surface area contributed by atoms with E-state index in [2.05, 4.69) is 14.6 Å². The van der Waals surface area contributed by atoms with Crippen molar-refractivity contribution in [2.45, 2.75) is 12.8 Å². The van der Waals surface area contributed by atoms with Gasteiger partial charge in [-0.1, -0.05) is 18.2 Å². The number of hydrogen-bond acceptors (Lipinski definition) is 5. The molecule has 0 saturated carbocycles. The van der Waals surface area contributed by atoms with Crippen LogP contribution in [-0.2, 0) is 14.8 Å². The topological polar surface area (TPSA) is 91.5 Å². The summed E-state index contributed by atoms with van der Waals surface area (Å²) in [5.41, 5.74) is 1.50. The summed E-state index contributed by atoms with van der Waals surface area (Å²) >= 11 is 0. The SMILES string of the molecule is CS(=O)(=O)NCCN1CCC(COC(=O)c2c[nH]c3ccccc23)CC1. The number of nitrogens with one attached hydrogen (secondary N) is 2. The van der Waals surface area contributed by atoms with Crippen LogP contribution in [0, 0.1) is 5.92 Å². The largest absolute Gasteiger partial charge is 0.462 e. The number of nitrogens with zero attached hydrogens (tertiary/aromatic N) is 1. The zero-order valence-electron chi connectivity index (χ0n) is 14.9. The predicted octanol–water partition coefficient (Wildman–Crippen LogP) is 1.59. The number of aromatic amines is 1. The number of ether oxygens (including phenoxy) is 1. The van der Waals surface area contributed by atoms with Crippen LogP contribution in [0.15, 0.2) is 30.5 Å². The first-order chi connectivity index (χ1) is 12.4. The molecule has 2 heterocycles. The van der Waals surface area contributed by atoms with Gasteiger partial charge < -0.3 is 14.6 Å². The molecule has 7 nitrogen and oxygen atoms in total. The molecule has 1 saturated heterocycles. The number of carbonyl (C=O) groups is 1. The smallest absolute Gasteiger partial charge is 0.340 e. The molecule has 1 fully saturated rings. The summed E-state index contributed by atoms with van der Waals surface area (Å²) in [7, 11) is -3.13. The van der Waals surface area contributed by atoms with E-state index in [0.29, 0.717) is 31.2 Å². The van der Waals surface area contributed by atoms with Crippen LogP contribution in [0.4, 0.5) is 0 Å². The minimum absolute atomic E-state index is 0.290. The Hall–Kier alpha value is -1.90. The number of carbonyl (C=O) groups excluding carboxylic acids is 1. The van der Waals surface area contributed by atoms with Crippen molar-refractivity contribution in [2.75, 3.05) is 39.0 Å². The third-order valence-electron chi connectivity index (χ3n) is 4.76. The van der Waals surface area contributed by atoms with Crippen molar-refractivity contribution in [2.24, 2.45) is 5.92 Å². The summed E-state index contributed by atoms with van der Waals surface area (Å²) < 4.78 is 30.2. The minimum Gasteiger partial charge on any atom is -0.462 e. The Morgan fingerprint density at radius 2 is 2.04 bits per heavy atom.